The van der Waals surface area contributed by atoms with Crippen LogP contribution in [0.15, 0.2) is 12.1 Å². The maximum absolute atomic E-state index is 10.5. The molecule has 0 bridgehead atoms. The number of carbonyl (C=O) groups is 1. The number of hydrogen-bond acceptors (Lipinski definition) is 2. The molecule has 1 rings (SSSR count). The summed E-state index contributed by atoms with van der Waals surface area (Å²) in [5.74, 6) is 0.0287. The number of hydrogen-bond donors (Lipinski definition) is 1. The van der Waals surface area contributed by atoms with Crippen molar-refractivity contribution in [3.05, 3.63) is 28.3 Å². The molecule has 0 saturated heterocycles. The number of carboxylic acids is 1. The zero-order valence-corrected chi connectivity index (χ0v) is 10.9. The van der Waals surface area contributed by atoms with E-state index in [1.807, 2.05) is 26.0 Å². The molecule has 1 aromatic rings. The van der Waals surface area contributed by atoms with Crippen molar-refractivity contribution >= 4 is 17.6 Å². The van der Waals surface area contributed by atoms with E-state index in [-0.39, 0.29) is 6.42 Å². The predicted molar refractivity (Wildman–Crippen MR) is 67.9 cm³/mol. The van der Waals surface area contributed by atoms with Gasteiger partial charge in [0.05, 0.1) is 6.61 Å². The Bertz CT molecular complexity index is 402. The number of benzene rings is 1. The molecule has 4 heteroatoms. The number of rotatable bonds is 6. The number of carboxylic acid groups (broad SMARTS) is 1. The quantitative estimate of drug-likeness (QED) is 0.848. The molecule has 0 unspecified atom stereocenters. The van der Waals surface area contributed by atoms with Gasteiger partial charge in [-0.1, -0.05) is 11.6 Å². The molecule has 94 valence electrons. The van der Waals surface area contributed by atoms with Gasteiger partial charge in [-0.15, -0.1) is 0 Å². The fraction of sp³-hybridized carbons (Fsp3) is 0.462. The summed E-state index contributed by atoms with van der Waals surface area (Å²) in [6.07, 6.45) is 1.42. The van der Waals surface area contributed by atoms with Crippen LogP contribution in [0.3, 0.4) is 0 Å². The van der Waals surface area contributed by atoms with Crippen LogP contribution in [0, 0.1) is 6.92 Å². The highest BCUT2D eigenvalue weighted by atomic mass is 35.5. The molecule has 0 aliphatic heterocycles. The molecule has 0 spiro atoms. The first kappa shape index (κ1) is 13.8. The number of ether oxygens (including phenoxy) is 1. The van der Waals surface area contributed by atoms with Crippen LogP contribution >= 0.6 is 11.6 Å². The van der Waals surface area contributed by atoms with Crippen LogP contribution in [-0.4, -0.2) is 17.7 Å². The molecule has 3 nitrogen and oxygen atoms in total. The van der Waals surface area contributed by atoms with Crippen LogP contribution in [0.5, 0.6) is 5.75 Å². The summed E-state index contributed by atoms with van der Waals surface area (Å²) in [6, 6.07) is 3.77. The van der Waals surface area contributed by atoms with Gasteiger partial charge >= 0.3 is 5.97 Å². The second-order valence-corrected chi connectivity index (χ2v) is 4.30. The molecule has 17 heavy (non-hydrogen) atoms. The first-order valence-corrected chi connectivity index (χ1v) is 6.06. The molecule has 0 heterocycles. The highest BCUT2D eigenvalue weighted by Gasteiger charge is 2.08. The van der Waals surface area contributed by atoms with Crippen LogP contribution in [0.25, 0.3) is 0 Å². The molecular weight excluding hydrogens is 240 g/mol. The van der Waals surface area contributed by atoms with Gasteiger partial charge < -0.3 is 9.84 Å². The number of aryl methyl sites for hydroxylation is 2. The average Bonchev–Trinajstić information content (AvgIpc) is 2.24. The zero-order valence-electron chi connectivity index (χ0n) is 10.1. The lowest BCUT2D eigenvalue weighted by Crippen LogP contribution is -2.00. The van der Waals surface area contributed by atoms with Gasteiger partial charge in [-0.3, -0.25) is 4.79 Å². The van der Waals surface area contributed by atoms with E-state index in [0.717, 1.165) is 16.9 Å². The van der Waals surface area contributed by atoms with Crippen molar-refractivity contribution in [1.29, 1.82) is 0 Å². The third kappa shape index (κ3) is 4.27. The van der Waals surface area contributed by atoms with Crippen LogP contribution in [0.2, 0.25) is 5.02 Å². The van der Waals surface area contributed by atoms with E-state index >= 15 is 0 Å². The maximum Gasteiger partial charge on any atom is 0.303 e. The van der Waals surface area contributed by atoms with E-state index in [9.17, 15) is 4.79 Å². The van der Waals surface area contributed by atoms with E-state index in [0.29, 0.717) is 24.5 Å². The Kier molecular flexibility index (Phi) is 5.29. The van der Waals surface area contributed by atoms with E-state index < -0.39 is 5.97 Å². The molecule has 0 fully saturated rings. The van der Waals surface area contributed by atoms with Crippen molar-refractivity contribution < 1.29 is 14.6 Å². The molecule has 0 aliphatic rings. The minimum absolute atomic E-state index is 0.164. The summed E-state index contributed by atoms with van der Waals surface area (Å²) in [7, 11) is 0. The van der Waals surface area contributed by atoms with Crippen LogP contribution in [0.1, 0.15) is 30.9 Å². The lowest BCUT2D eigenvalue weighted by Gasteiger charge is -2.12. The predicted octanol–water partition coefficient (Wildman–Crippen LogP) is 3.45. The standard InChI is InChI=1S/C13H17ClO3/c1-3-17-12-7-9(2)11(14)8-10(12)5-4-6-13(15)16/h7-8H,3-6H2,1-2H3,(H,15,16). The summed E-state index contributed by atoms with van der Waals surface area (Å²) in [6.45, 7) is 4.43. The molecule has 0 aliphatic carbocycles. The molecule has 0 radical (unpaired) electrons. The highest BCUT2D eigenvalue weighted by Crippen LogP contribution is 2.28. The Morgan fingerprint density at radius 1 is 1.47 bits per heavy atom. The fourth-order valence-electron chi connectivity index (χ4n) is 1.61. The average molecular weight is 257 g/mol. The second kappa shape index (κ2) is 6.50. The Labute approximate surface area is 106 Å². The van der Waals surface area contributed by atoms with Crippen molar-refractivity contribution in [2.24, 2.45) is 0 Å². The highest BCUT2D eigenvalue weighted by molar-refractivity contribution is 6.31. The Morgan fingerprint density at radius 3 is 2.76 bits per heavy atom. The Morgan fingerprint density at radius 2 is 2.18 bits per heavy atom. The van der Waals surface area contributed by atoms with Gasteiger partial charge in [-0.2, -0.15) is 0 Å². The fourth-order valence-corrected chi connectivity index (χ4v) is 1.80. The van der Waals surface area contributed by atoms with Gasteiger partial charge in [-0.05, 0) is 49.9 Å². The first-order valence-electron chi connectivity index (χ1n) is 5.68. The van der Waals surface area contributed by atoms with Crippen molar-refractivity contribution in [1.82, 2.24) is 0 Å². The summed E-state index contributed by atoms with van der Waals surface area (Å²) in [5.41, 5.74) is 1.95. The van der Waals surface area contributed by atoms with Gasteiger partial charge in [0.25, 0.3) is 0 Å². The van der Waals surface area contributed by atoms with Gasteiger partial charge in [0.15, 0.2) is 0 Å². The molecule has 0 aromatic heterocycles. The van der Waals surface area contributed by atoms with Crippen molar-refractivity contribution in [3.8, 4) is 5.75 Å². The maximum atomic E-state index is 10.5. The summed E-state index contributed by atoms with van der Waals surface area (Å²) in [4.78, 5) is 10.5. The summed E-state index contributed by atoms with van der Waals surface area (Å²) in [5, 5.41) is 9.30. The van der Waals surface area contributed by atoms with Gasteiger partial charge in [0, 0.05) is 11.4 Å². The number of aliphatic carboxylic acids is 1. The summed E-state index contributed by atoms with van der Waals surface area (Å²) < 4.78 is 5.52. The van der Waals surface area contributed by atoms with Crippen molar-refractivity contribution in [2.45, 2.75) is 33.1 Å². The van der Waals surface area contributed by atoms with Crippen LogP contribution < -0.4 is 4.74 Å². The molecule has 0 amide bonds. The minimum atomic E-state index is -0.777. The second-order valence-electron chi connectivity index (χ2n) is 3.89. The topological polar surface area (TPSA) is 46.5 Å². The minimum Gasteiger partial charge on any atom is -0.494 e. The van der Waals surface area contributed by atoms with E-state index in [4.69, 9.17) is 21.4 Å². The molecule has 0 atom stereocenters. The Hall–Kier alpha value is -1.22. The third-order valence-electron chi connectivity index (χ3n) is 2.48. The van der Waals surface area contributed by atoms with Crippen LogP contribution in [0.4, 0.5) is 0 Å². The number of halogens is 1. The summed E-state index contributed by atoms with van der Waals surface area (Å²) >= 11 is 6.06. The third-order valence-corrected chi connectivity index (χ3v) is 2.89. The largest absolute Gasteiger partial charge is 0.494 e. The smallest absolute Gasteiger partial charge is 0.303 e. The molecule has 0 saturated carbocycles. The van der Waals surface area contributed by atoms with Crippen molar-refractivity contribution in [3.63, 3.8) is 0 Å². The normalized spacial score (nSPS) is 10.3. The molecular formula is C13H17ClO3. The van der Waals surface area contributed by atoms with Gasteiger partial charge in [-0.25, -0.2) is 0 Å². The van der Waals surface area contributed by atoms with Gasteiger partial charge in [0.2, 0.25) is 0 Å². The lowest BCUT2D eigenvalue weighted by molar-refractivity contribution is -0.137. The molecule has 1 aromatic carbocycles. The first-order chi connectivity index (χ1) is 8.04. The monoisotopic (exact) mass is 256 g/mol. The Balaban J connectivity index is 2.80. The zero-order chi connectivity index (χ0) is 12.8. The van der Waals surface area contributed by atoms with E-state index in [1.165, 1.54) is 0 Å². The molecule has 1 N–H and O–H groups in total. The lowest BCUT2D eigenvalue weighted by atomic mass is 10.0. The van der Waals surface area contributed by atoms with E-state index in [2.05, 4.69) is 0 Å². The van der Waals surface area contributed by atoms with Gasteiger partial charge in [0.1, 0.15) is 5.75 Å². The van der Waals surface area contributed by atoms with E-state index in [1.54, 1.807) is 0 Å². The van der Waals surface area contributed by atoms with Crippen LogP contribution in [-0.2, 0) is 11.2 Å². The SMILES string of the molecule is CCOc1cc(C)c(Cl)cc1CCCC(=O)O. The van der Waals surface area contributed by atoms with Crippen molar-refractivity contribution in [2.75, 3.05) is 6.61 Å².